The smallest absolute Gasteiger partial charge is 0.236 e. The van der Waals surface area contributed by atoms with Crippen LogP contribution in [0.4, 0.5) is 5.69 Å². The Balaban J connectivity index is 1.34. The number of amides is 1. The summed E-state index contributed by atoms with van der Waals surface area (Å²) in [5, 5.41) is 4.03. The molecule has 1 aromatic rings. The van der Waals surface area contributed by atoms with Gasteiger partial charge in [-0.3, -0.25) is 9.69 Å². The Morgan fingerprint density at radius 1 is 1.12 bits per heavy atom. The molecule has 3 rings (SSSR count). The maximum absolute atomic E-state index is 12.3. The Kier molecular flexibility index (Phi) is 6.93. The highest BCUT2D eigenvalue weighted by molar-refractivity contribution is 6.30. The van der Waals surface area contributed by atoms with Crippen molar-refractivity contribution in [2.45, 2.75) is 0 Å². The molecule has 6 nitrogen and oxygen atoms in total. The van der Waals surface area contributed by atoms with Crippen LogP contribution in [-0.4, -0.2) is 87.8 Å². The van der Waals surface area contributed by atoms with E-state index in [0.29, 0.717) is 6.54 Å². The van der Waals surface area contributed by atoms with Crippen molar-refractivity contribution < 1.29 is 9.53 Å². The zero-order valence-corrected chi connectivity index (χ0v) is 15.4. The van der Waals surface area contributed by atoms with Gasteiger partial charge in [-0.1, -0.05) is 17.7 Å². The molecule has 0 radical (unpaired) electrons. The van der Waals surface area contributed by atoms with Crippen LogP contribution in [0.5, 0.6) is 0 Å². The number of morpholine rings is 1. The van der Waals surface area contributed by atoms with Crippen LogP contribution in [0.1, 0.15) is 0 Å². The number of piperazine rings is 1. The van der Waals surface area contributed by atoms with Crippen molar-refractivity contribution in [2.75, 3.05) is 77.0 Å². The van der Waals surface area contributed by atoms with Crippen LogP contribution >= 0.6 is 11.6 Å². The van der Waals surface area contributed by atoms with Crippen LogP contribution in [0.3, 0.4) is 0 Å². The fourth-order valence-electron chi connectivity index (χ4n) is 3.26. The van der Waals surface area contributed by atoms with Gasteiger partial charge in [0.25, 0.3) is 0 Å². The van der Waals surface area contributed by atoms with Crippen LogP contribution < -0.4 is 10.2 Å². The molecule has 2 saturated heterocycles. The van der Waals surface area contributed by atoms with E-state index >= 15 is 0 Å². The van der Waals surface area contributed by atoms with Gasteiger partial charge in [0, 0.05) is 63.1 Å². The van der Waals surface area contributed by atoms with E-state index in [1.165, 1.54) is 0 Å². The number of benzene rings is 1. The predicted molar refractivity (Wildman–Crippen MR) is 100 cm³/mol. The molecule has 1 N–H and O–H groups in total. The van der Waals surface area contributed by atoms with E-state index in [9.17, 15) is 4.79 Å². The summed E-state index contributed by atoms with van der Waals surface area (Å²) in [6.07, 6.45) is 0. The third-order valence-corrected chi connectivity index (χ3v) is 5.03. The summed E-state index contributed by atoms with van der Waals surface area (Å²) in [6.45, 7) is 9.05. The molecule has 2 aliphatic rings. The Morgan fingerprint density at radius 3 is 2.60 bits per heavy atom. The molecule has 2 fully saturated rings. The fourth-order valence-corrected chi connectivity index (χ4v) is 3.44. The highest BCUT2D eigenvalue weighted by Gasteiger charge is 2.21. The van der Waals surface area contributed by atoms with Gasteiger partial charge in [-0.05, 0) is 18.2 Å². The number of nitrogens with one attached hydrogen (secondary N) is 1. The Hall–Kier alpha value is -1.34. The molecule has 138 valence electrons. The first kappa shape index (κ1) is 18.5. The minimum Gasteiger partial charge on any atom is -0.379 e. The van der Waals surface area contributed by atoms with E-state index < -0.39 is 0 Å². The van der Waals surface area contributed by atoms with E-state index in [1.54, 1.807) is 0 Å². The molecule has 25 heavy (non-hydrogen) atoms. The Morgan fingerprint density at radius 2 is 1.88 bits per heavy atom. The van der Waals surface area contributed by atoms with Crippen LogP contribution in [0.25, 0.3) is 0 Å². The van der Waals surface area contributed by atoms with Gasteiger partial charge in [0.05, 0.1) is 19.8 Å². The molecule has 0 saturated carbocycles. The number of halogens is 1. The molecule has 0 unspecified atom stereocenters. The van der Waals surface area contributed by atoms with Crippen LogP contribution in [0, 0.1) is 0 Å². The van der Waals surface area contributed by atoms with E-state index in [0.717, 1.165) is 76.3 Å². The maximum Gasteiger partial charge on any atom is 0.236 e. The second-order valence-corrected chi connectivity index (χ2v) is 6.91. The number of nitrogens with zero attached hydrogens (tertiary/aromatic N) is 3. The Labute approximate surface area is 154 Å². The summed E-state index contributed by atoms with van der Waals surface area (Å²) in [5.41, 5.74) is 1.13. The number of carbonyl (C=O) groups excluding carboxylic acids is 1. The van der Waals surface area contributed by atoms with E-state index in [2.05, 4.69) is 21.2 Å². The highest BCUT2D eigenvalue weighted by Crippen LogP contribution is 2.20. The quantitative estimate of drug-likeness (QED) is 0.758. The SMILES string of the molecule is O=C(CNCCN1CCOCC1)N1CCN(c2cccc(Cl)c2)CC1. The first-order chi connectivity index (χ1) is 12.2. The van der Waals surface area contributed by atoms with E-state index in [1.807, 2.05) is 23.1 Å². The molecule has 0 bridgehead atoms. The lowest BCUT2D eigenvalue weighted by atomic mass is 10.2. The lowest BCUT2D eigenvalue weighted by Crippen LogP contribution is -2.51. The number of hydrogen-bond donors (Lipinski definition) is 1. The van der Waals surface area contributed by atoms with Crippen molar-refractivity contribution in [3.05, 3.63) is 29.3 Å². The van der Waals surface area contributed by atoms with Crippen molar-refractivity contribution in [3.63, 3.8) is 0 Å². The minimum absolute atomic E-state index is 0.188. The molecule has 1 aromatic carbocycles. The van der Waals surface area contributed by atoms with E-state index in [-0.39, 0.29) is 5.91 Å². The number of ether oxygens (including phenoxy) is 1. The van der Waals surface area contributed by atoms with Gasteiger partial charge in [-0.25, -0.2) is 0 Å². The average molecular weight is 367 g/mol. The summed E-state index contributed by atoms with van der Waals surface area (Å²) in [4.78, 5) is 18.9. The van der Waals surface area contributed by atoms with Crippen molar-refractivity contribution >= 4 is 23.2 Å². The molecule has 7 heteroatoms. The monoisotopic (exact) mass is 366 g/mol. The summed E-state index contributed by atoms with van der Waals surface area (Å²) in [5.74, 6) is 0.188. The highest BCUT2D eigenvalue weighted by atomic mass is 35.5. The summed E-state index contributed by atoms with van der Waals surface area (Å²) in [6, 6.07) is 7.89. The fraction of sp³-hybridized carbons (Fsp3) is 0.611. The normalized spacial score (nSPS) is 19.2. The number of rotatable bonds is 6. The average Bonchev–Trinajstić information content (AvgIpc) is 2.66. The first-order valence-corrected chi connectivity index (χ1v) is 9.39. The molecule has 0 aliphatic carbocycles. The van der Waals surface area contributed by atoms with Gasteiger partial charge < -0.3 is 19.9 Å². The van der Waals surface area contributed by atoms with Crippen molar-refractivity contribution in [1.82, 2.24) is 15.1 Å². The van der Waals surface area contributed by atoms with Gasteiger partial charge >= 0.3 is 0 Å². The molecular formula is C18H27ClN4O2. The van der Waals surface area contributed by atoms with Crippen molar-refractivity contribution in [2.24, 2.45) is 0 Å². The van der Waals surface area contributed by atoms with Crippen LogP contribution in [0.2, 0.25) is 5.02 Å². The molecule has 0 atom stereocenters. The predicted octanol–water partition coefficient (Wildman–Crippen LogP) is 0.910. The topological polar surface area (TPSA) is 48.1 Å². The van der Waals surface area contributed by atoms with Gasteiger partial charge in [0.2, 0.25) is 5.91 Å². The molecule has 2 heterocycles. The summed E-state index contributed by atoms with van der Waals surface area (Å²) < 4.78 is 5.34. The van der Waals surface area contributed by atoms with Crippen LogP contribution in [-0.2, 0) is 9.53 Å². The third kappa shape index (κ3) is 5.57. The molecule has 1 amide bonds. The zero-order chi connectivity index (χ0) is 17.5. The third-order valence-electron chi connectivity index (χ3n) is 4.79. The second-order valence-electron chi connectivity index (χ2n) is 6.48. The van der Waals surface area contributed by atoms with Gasteiger partial charge in [-0.2, -0.15) is 0 Å². The van der Waals surface area contributed by atoms with Crippen molar-refractivity contribution in [1.29, 1.82) is 0 Å². The number of anilines is 1. The number of carbonyl (C=O) groups is 1. The summed E-state index contributed by atoms with van der Waals surface area (Å²) in [7, 11) is 0. The largest absolute Gasteiger partial charge is 0.379 e. The molecule has 0 aromatic heterocycles. The molecule has 2 aliphatic heterocycles. The number of hydrogen-bond acceptors (Lipinski definition) is 5. The molecular weight excluding hydrogens is 340 g/mol. The second kappa shape index (κ2) is 9.38. The van der Waals surface area contributed by atoms with Gasteiger partial charge in [0.1, 0.15) is 0 Å². The van der Waals surface area contributed by atoms with Crippen LogP contribution in [0.15, 0.2) is 24.3 Å². The first-order valence-electron chi connectivity index (χ1n) is 9.01. The molecule has 0 spiro atoms. The minimum atomic E-state index is 0.188. The Bertz CT molecular complexity index is 558. The lowest BCUT2D eigenvalue weighted by molar-refractivity contribution is -0.130. The van der Waals surface area contributed by atoms with E-state index in [4.69, 9.17) is 16.3 Å². The van der Waals surface area contributed by atoms with Gasteiger partial charge in [-0.15, -0.1) is 0 Å². The lowest BCUT2D eigenvalue weighted by Gasteiger charge is -2.36. The van der Waals surface area contributed by atoms with Crippen molar-refractivity contribution in [3.8, 4) is 0 Å². The standard InChI is InChI=1S/C18H27ClN4O2/c19-16-2-1-3-17(14-16)22-6-8-23(9-7-22)18(24)15-20-4-5-21-10-12-25-13-11-21/h1-3,14,20H,4-13,15H2. The van der Waals surface area contributed by atoms with Gasteiger partial charge in [0.15, 0.2) is 0 Å². The zero-order valence-electron chi connectivity index (χ0n) is 14.6. The maximum atomic E-state index is 12.3. The summed E-state index contributed by atoms with van der Waals surface area (Å²) >= 11 is 6.06.